The van der Waals surface area contributed by atoms with Crippen molar-refractivity contribution in [2.75, 3.05) is 340 Å². The number of aliphatic carboxylic acids is 12. The average molecular weight is 2590 g/mol. The van der Waals surface area contributed by atoms with Crippen LogP contribution in [0.15, 0.2) is 0 Å². The van der Waals surface area contributed by atoms with Gasteiger partial charge in [0.25, 0.3) is 0 Å². The van der Waals surface area contributed by atoms with Crippen LogP contribution in [0.4, 0.5) is 0 Å². The molecule has 0 unspecified atom stereocenters. The maximum absolute atomic E-state index is 14.5. The summed E-state index contributed by atoms with van der Waals surface area (Å²) in [7, 11) is 0. The van der Waals surface area contributed by atoms with Crippen LogP contribution in [-0.2, 0) is 95.9 Å². The number of carbonyl (C=O) groups excluding carboxylic acids is 8. The summed E-state index contributed by atoms with van der Waals surface area (Å²) in [5.41, 5.74) is -1.89. The summed E-state index contributed by atoms with van der Waals surface area (Å²) in [6.45, 7) is -5.00. The number of nitrogens with one attached hydrogen (secondary N) is 8. The molecule has 60 heteroatoms. The Labute approximate surface area is 944 Å². The van der Waals surface area contributed by atoms with E-state index < -0.39 is 279 Å². The molecule has 4 atom stereocenters. The first-order valence-electron chi connectivity index (χ1n) is 45.1. The van der Waals surface area contributed by atoms with Gasteiger partial charge in [-0.25, -0.2) is 0 Å². The zero-order valence-corrected chi connectivity index (χ0v) is 88.8. The van der Waals surface area contributed by atoms with Crippen LogP contribution in [-0.4, -0.2) is 623 Å². The molecule has 0 saturated carbocycles. The van der Waals surface area contributed by atoms with Gasteiger partial charge in [-0.15, -0.1) is 0 Å². The van der Waals surface area contributed by atoms with Crippen LogP contribution in [0.3, 0.4) is 0 Å². The fraction of sp³-hybridized carbons (Fsp3) is 0.753. The topological polar surface area (TPSA) is 732 Å². The second-order valence-corrected chi connectivity index (χ2v) is 34.4. The Kier molecular flexibility index (Phi) is 70.1. The Bertz CT molecular complexity index is 3420. The summed E-state index contributed by atoms with van der Waals surface area (Å²) in [5.74, 6) is -21.4. The normalized spacial score (nSPS) is 18.7. The van der Waals surface area contributed by atoms with E-state index in [1.807, 2.05) is 0 Å². The molecule has 808 valence electrons. The first kappa shape index (κ1) is 135. The number of nitrogens with zero attached hydrogens (tertiary/aromatic N) is 16. The average Bonchev–Trinajstić information content (AvgIpc) is 0.844. The van der Waals surface area contributed by atoms with Gasteiger partial charge in [0.1, 0.15) is 0 Å². The van der Waals surface area contributed by atoms with Crippen molar-refractivity contribution in [3.05, 3.63) is 0 Å². The Morgan fingerprint density at radius 3 is 0.383 bits per heavy atom. The minimum atomic E-state index is -1.89. The maximum atomic E-state index is 14.5. The molecular formula is C81H140Gd4N24O32. The summed E-state index contributed by atoms with van der Waals surface area (Å²) in [4.78, 5) is 284. The number of amides is 8. The molecule has 4 aliphatic heterocycles. The fourth-order valence-electron chi connectivity index (χ4n) is 15.6. The SMILES string of the molecule is C[C@H](C(=O)NCC(=O)NCC(CNC(=O)CNC(=O)[C@@H](C)N1CCN(CC(=O)O)CCN(CC(=O)O)CCN(CC(=O)O)CC1)(CNC(=O)CNC(=O)[C@@H](C)N1CCN(CC(=O)O)CCN(CC(=O)O)CCN(CC(=O)O)CC1)CNC(=O)CNC(=O)[C@H](C)N1CCN(CC(=O)O)CCN(CC(=O)O)CCN(CC(=O)O)CC1)N1CCN(CC(=O)O)CCN(CC(=O)O)CCN(CC(=O)O)CC1.[Gd].[Gd].[Gd].[Gd]. The summed E-state index contributed by atoms with van der Waals surface area (Å²) >= 11 is 0. The van der Waals surface area contributed by atoms with Gasteiger partial charge >= 0.3 is 71.6 Å². The van der Waals surface area contributed by atoms with Gasteiger partial charge in [-0.3, -0.25) is 174 Å². The predicted octanol–water partition coefficient (Wildman–Crippen LogP) is -13.6. The molecule has 0 bridgehead atoms. The van der Waals surface area contributed by atoms with Crippen LogP contribution >= 0.6 is 0 Å². The molecule has 0 radical (unpaired) electrons. The molecule has 56 nitrogen and oxygen atoms in total. The summed E-state index contributed by atoms with van der Waals surface area (Å²) in [6.07, 6.45) is 0. The molecule has 0 aromatic heterocycles. The number of carboxylic acids is 12. The first-order chi connectivity index (χ1) is 64.6. The molecule has 0 aliphatic carbocycles. The third-order valence-corrected chi connectivity index (χ3v) is 23.8. The van der Waals surface area contributed by atoms with E-state index in [1.54, 1.807) is 19.6 Å². The van der Waals surface area contributed by atoms with E-state index >= 15 is 0 Å². The monoisotopic (exact) mass is 2590 g/mol. The molecule has 20 N–H and O–H groups in total. The van der Waals surface area contributed by atoms with Crippen molar-refractivity contribution in [1.29, 1.82) is 0 Å². The standard InChI is InChI=1S/C81H140N24O32.4Gd/c1-57(102-29-21-94(45-69(118)119)13-5-90(41-65(110)111)6-14-95(22-30-102)46-70(120)121)77(134)82-37-61(106)86-53-81(54-87-62(107)38-83-78(135)58(2)103-31-23-96(47-71(122)123)15-7-91(42-66(112)113)8-16-97(24-32-103)48-72(124)125,55-88-63(108)39-84-79(136)59(3)104-33-25-98(49-73(126)127)17-9-92(43-67(114)115)10-18-99(26-34-104)50-74(128)129)56-89-64(109)40-85-80(137)60(4)105-35-27-100(51-75(130)131)19-11-93(44-68(116)117)12-20-101(28-36-105)52-76(132)133;;;;/h57-60H,5-56H2,1-4H3,(H,82,134)(H,83,135)(H,84,136)(H,85,137)(H,86,106)(H,87,107)(H,88,108)(H,89,109)(H,110,111)(H,112,113)(H,114,115)(H,116,117)(H,118,119)(H,120,121)(H,122,123)(H,124,125)(H,126,127)(H,128,129)(H,130,131)(H,132,133);;;;/t57-,58-,59-,60+;;;;/m1..../s1. The van der Waals surface area contributed by atoms with E-state index in [1.165, 1.54) is 86.5 Å². The third-order valence-electron chi connectivity index (χ3n) is 23.8. The van der Waals surface area contributed by atoms with Crippen molar-refractivity contribution in [1.82, 2.24) is 121 Å². The minimum absolute atomic E-state index is 0. The molecule has 0 aromatic rings. The Hall–Kier alpha value is -5.94. The van der Waals surface area contributed by atoms with Crippen LogP contribution in [0.25, 0.3) is 0 Å². The molecular weight excluding hydrogens is 2450 g/mol. The molecule has 141 heavy (non-hydrogen) atoms. The molecule has 4 fully saturated rings. The Balaban J connectivity index is 0.0000490. The molecule has 4 aliphatic rings. The van der Waals surface area contributed by atoms with Crippen molar-refractivity contribution in [2.45, 2.75) is 51.9 Å². The second kappa shape index (κ2) is 73.2. The molecule has 4 heterocycles. The first-order valence-corrected chi connectivity index (χ1v) is 45.1. The van der Waals surface area contributed by atoms with Crippen LogP contribution in [0.1, 0.15) is 27.7 Å². The van der Waals surface area contributed by atoms with Crippen LogP contribution in [0.5, 0.6) is 0 Å². The summed E-state index contributed by atoms with van der Waals surface area (Å²) in [6, 6.07) is -4.54. The van der Waals surface area contributed by atoms with Crippen LogP contribution in [0.2, 0.25) is 0 Å². The van der Waals surface area contributed by atoms with Crippen molar-refractivity contribution in [2.24, 2.45) is 5.41 Å². The van der Waals surface area contributed by atoms with Crippen LogP contribution < -0.4 is 42.5 Å². The van der Waals surface area contributed by atoms with Gasteiger partial charge in [0.05, 0.1) is 129 Å². The number of carbonyl (C=O) groups is 20. The van der Waals surface area contributed by atoms with Crippen molar-refractivity contribution < 1.29 is 317 Å². The molecule has 4 rings (SSSR count). The summed E-state index contributed by atoms with van der Waals surface area (Å²) in [5, 5.41) is 138. The third kappa shape index (κ3) is 59.6. The van der Waals surface area contributed by atoms with Gasteiger partial charge in [-0.1, -0.05) is 0 Å². The second-order valence-electron chi connectivity index (χ2n) is 34.4. The van der Waals surface area contributed by atoms with Gasteiger partial charge < -0.3 is 104 Å². The molecule has 4 saturated heterocycles. The minimum Gasteiger partial charge on any atom is -0.480 e. The Morgan fingerprint density at radius 1 is 0.184 bits per heavy atom. The van der Waals surface area contributed by atoms with Gasteiger partial charge in [0.2, 0.25) is 47.3 Å². The smallest absolute Gasteiger partial charge is 0.317 e. The number of rotatable bonds is 48. The van der Waals surface area contributed by atoms with Crippen molar-refractivity contribution >= 4 is 119 Å². The van der Waals surface area contributed by atoms with Crippen molar-refractivity contribution in [3.63, 3.8) is 0 Å². The van der Waals surface area contributed by atoms with E-state index in [-0.39, 0.29) is 369 Å². The van der Waals surface area contributed by atoms with E-state index in [0.29, 0.717) is 0 Å². The predicted molar refractivity (Wildman–Crippen MR) is 480 cm³/mol. The van der Waals surface area contributed by atoms with E-state index in [4.69, 9.17) is 0 Å². The van der Waals surface area contributed by atoms with Crippen LogP contribution in [0, 0.1) is 165 Å². The summed E-state index contributed by atoms with van der Waals surface area (Å²) < 4.78 is 0. The fourth-order valence-corrected chi connectivity index (χ4v) is 15.6. The quantitative estimate of drug-likeness (QED) is 0.0269. The Morgan fingerprint density at radius 2 is 0.284 bits per heavy atom. The van der Waals surface area contributed by atoms with E-state index in [2.05, 4.69) is 42.5 Å². The van der Waals surface area contributed by atoms with Gasteiger partial charge in [0, 0.05) is 401 Å². The van der Waals surface area contributed by atoms with E-state index in [0.717, 1.165) is 0 Å². The number of hydrogen-bond acceptors (Lipinski definition) is 36. The zero-order chi connectivity index (χ0) is 102. The molecule has 8 amide bonds. The van der Waals surface area contributed by atoms with Gasteiger partial charge in [-0.2, -0.15) is 0 Å². The largest absolute Gasteiger partial charge is 0.480 e. The van der Waals surface area contributed by atoms with Gasteiger partial charge in [-0.05, 0) is 27.7 Å². The molecule has 0 aromatic carbocycles. The van der Waals surface area contributed by atoms with Gasteiger partial charge in [0.15, 0.2) is 0 Å². The van der Waals surface area contributed by atoms with Crippen molar-refractivity contribution in [3.8, 4) is 0 Å². The number of carboxylic acid groups (broad SMARTS) is 12. The molecule has 0 spiro atoms. The zero-order valence-electron chi connectivity index (χ0n) is 79.7. The maximum Gasteiger partial charge on any atom is 0.317 e. The number of hydrogen-bond donors (Lipinski definition) is 20. The van der Waals surface area contributed by atoms with E-state index in [9.17, 15) is 157 Å².